The molecule has 1 aliphatic rings. The predicted molar refractivity (Wildman–Crippen MR) is 114 cm³/mol. The summed E-state index contributed by atoms with van der Waals surface area (Å²) in [6.45, 7) is 5.89. The zero-order chi connectivity index (χ0) is 21.6. The Balaban J connectivity index is 1.73. The lowest BCUT2D eigenvalue weighted by Gasteiger charge is -2.31. The molecule has 3 atom stereocenters. The maximum Gasteiger partial charge on any atom is 0.223 e. The number of aliphatic hydroxyl groups is 2. The van der Waals surface area contributed by atoms with Gasteiger partial charge in [0.2, 0.25) is 5.95 Å². The lowest BCUT2D eigenvalue weighted by atomic mass is 9.90. The van der Waals surface area contributed by atoms with Gasteiger partial charge in [0.1, 0.15) is 11.3 Å². The molecule has 0 bridgehead atoms. The van der Waals surface area contributed by atoms with Gasteiger partial charge in [-0.3, -0.25) is 0 Å². The largest absolute Gasteiger partial charge is 0.393 e. The van der Waals surface area contributed by atoms with Crippen molar-refractivity contribution in [1.82, 2.24) is 19.5 Å². The van der Waals surface area contributed by atoms with Crippen molar-refractivity contribution in [2.24, 2.45) is 0 Å². The fraction of sp³-hybridized carbons (Fsp3) is 0.476. The van der Waals surface area contributed by atoms with Gasteiger partial charge in [-0.15, -0.1) is 0 Å². The minimum absolute atomic E-state index is 0.117. The molecule has 1 fully saturated rings. The van der Waals surface area contributed by atoms with Gasteiger partial charge in [0.25, 0.3) is 0 Å². The van der Waals surface area contributed by atoms with Crippen molar-refractivity contribution in [2.75, 3.05) is 5.32 Å². The Bertz CT molecular complexity index is 1090. The fourth-order valence-electron chi connectivity index (χ4n) is 4.16. The van der Waals surface area contributed by atoms with Gasteiger partial charge in [-0.1, -0.05) is 11.6 Å². The van der Waals surface area contributed by atoms with E-state index in [1.54, 1.807) is 0 Å². The highest BCUT2D eigenvalue weighted by molar-refractivity contribution is 6.33. The SMILES string of the molecule is Cc1nc2c(F)cc(-c3nc(N[C@@H]4CC[C@@H](O)C[C@H]4O)ncc3Cl)cc2n1C(C)C. The smallest absolute Gasteiger partial charge is 0.223 e. The van der Waals surface area contributed by atoms with Crippen molar-refractivity contribution >= 4 is 28.6 Å². The highest BCUT2D eigenvalue weighted by atomic mass is 35.5. The van der Waals surface area contributed by atoms with Crippen molar-refractivity contribution in [3.05, 3.63) is 35.0 Å². The topological polar surface area (TPSA) is 96.1 Å². The molecule has 2 aromatic heterocycles. The van der Waals surface area contributed by atoms with Crippen LogP contribution < -0.4 is 5.32 Å². The highest BCUT2D eigenvalue weighted by Gasteiger charge is 2.28. The molecule has 30 heavy (non-hydrogen) atoms. The second-order valence-corrected chi connectivity index (χ2v) is 8.53. The van der Waals surface area contributed by atoms with Gasteiger partial charge in [-0.25, -0.2) is 19.3 Å². The van der Waals surface area contributed by atoms with Crippen LogP contribution in [0, 0.1) is 12.7 Å². The summed E-state index contributed by atoms with van der Waals surface area (Å²) in [4.78, 5) is 13.1. The Morgan fingerprint density at radius 2 is 2.00 bits per heavy atom. The van der Waals surface area contributed by atoms with Crippen LogP contribution in [0.3, 0.4) is 0 Å². The van der Waals surface area contributed by atoms with Crippen molar-refractivity contribution in [3.8, 4) is 11.3 Å². The molecule has 1 aromatic carbocycles. The van der Waals surface area contributed by atoms with Crippen molar-refractivity contribution < 1.29 is 14.6 Å². The van der Waals surface area contributed by atoms with E-state index < -0.39 is 18.0 Å². The zero-order valence-corrected chi connectivity index (χ0v) is 17.9. The maximum absolute atomic E-state index is 14.8. The Hall–Kier alpha value is -2.29. The monoisotopic (exact) mass is 433 g/mol. The van der Waals surface area contributed by atoms with Gasteiger partial charge >= 0.3 is 0 Å². The Labute approximate surface area is 178 Å². The molecule has 0 spiro atoms. The van der Waals surface area contributed by atoms with E-state index in [-0.39, 0.29) is 12.1 Å². The van der Waals surface area contributed by atoms with Crippen LogP contribution in [0.15, 0.2) is 18.3 Å². The number of imidazole rings is 1. The lowest BCUT2D eigenvalue weighted by Crippen LogP contribution is -2.41. The van der Waals surface area contributed by atoms with Crippen molar-refractivity contribution in [1.29, 1.82) is 0 Å². The van der Waals surface area contributed by atoms with Gasteiger partial charge < -0.3 is 20.1 Å². The van der Waals surface area contributed by atoms with Crippen LogP contribution in [0.25, 0.3) is 22.3 Å². The molecule has 1 saturated carbocycles. The van der Waals surface area contributed by atoms with E-state index in [1.807, 2.05) is 31.4 Å². The number of benzene rings is 1. The van der Waals surface area contributed by atoms with E-state index in [2.05, 4.69) is 20.3 Å². The Kier molecular flexibility index (Phi) is 5.65. The van der Waals surface area contributed by atoms with Gasteiger partial charge in [-0.2, -0.15) is 0 Å². The van der Waals surface area contributed by atoms with Gasteiger partial charge in [0.15, 0.2) is 5.82 Å². The molecule has 1 aliphatic carbocycles. The quantitative estimate of drug-likeness (QED) is 0.578. The molecule has 3 aromatic rings. The standard InChI is InChI=1S/C21H25ClFN5O2/c1-10(2)28-11(3)25-20-15(23)6-12(7-17(20)28)19-14(22)9-24-21(27-19)26-16-5-4-13(29)8-18(16)30/h6-7,9-10,13,16,18,29-30H,4-5,8H2,1-3H3,(H,24,26,27)/t13-,16-,18-/m1/s1. The number of fused-ring (bicyclic) bond motifs is 1. The molecule has 0 radical (unpaired) electrons. The van der Waals surface area contributed by atoms with Crippen LogP contribution in [0.1, 0.15) is 45.0 Å². The molecular weight excluding hydrogens is 409 g/mol. The van der Waals surface area contributed by atoms with Gasteiger partial charge in [0, 0.05) is 18.0 Å². The average Bonchev–Trinajstić information content (AvgIpc) is 3.02. The summed E-state index contributed by atoms with van der Waals surface area (Å²) in [5.41, 5.74) is 1.92. The Morgan fingerprint density at radius 3 is 2.70 bits per heavy atom. The summed E-state index contributed by atoms with van der Waals surface area (Å²) < 4.78 is 16.8. The third-order valence-electron chi connectivity index (χ3n) is 5.56. The normalized spacial score (nSPS) is 22.1. The number of aromatic nitrogens is 4. The zero-order valence-electron chi connectivity index (χ0n) is 17.1. The minimum Gasteiger partial charge on any atom is -0.393 e. The van der Waals surface area contributed by atoms with E-state index in [4.69, 9.17) is 11.6 Å². The number of aliphatic hydroxyl groups excluding tert-OH is 2. The summed E-state index contributed by atoms with van der Waals surface area (Å²) in [5.74, 6) is 0.593. The summed E-state index contributed by atoms with van der Waals surface area (Å²) >= 11 is 6.35. The maximum atomic E-state index is 14.8. The van der Waals surface area contributed by atoms with Crippen LogP contribution in [0.5, 0.6) is 0 Å². The van der Waals surface area contributed by atoms with E-state index in [1.165, 1.54) is 12.3 Å². The number of nitrogens with one attached hydrogen (secondary N) is 1. The van der Waals surface area contributed by atoms with E-state index in [9.17, 15) is 14.6 Å². The third kappa shape index (κ3) is 3.87. The average molecular weight is 434 g/mol. The van der Waals surface area contributed by atoms with E-state index >= 15 is 0 Å². The molecule has 0 amide bonds. The first-order chi connectivity index (χ1) is 14.2. The highest BCUT2D eigenvalue weighted by Crippen LogP contribution is 2.32. The number of hydrogen-bond acceptors (Lipinski definition) is 6. The molecule has 4 rings (SSSR count). The van der Waals surface area contributed by atoms with Crippen molar-refractivity contribution in [2.45, 2.75) is 64.3 Å². The first-order valence-corrected chi connectivity index (χ1v) is 10.5. The summed E-state index contributed by atoms with van der Waals surface area (Å²) in [7, 11) is 0. The molecule has 0 saturated heterocycles. The van der Waals surface area contributed by atoms with Crippen LogP contribution in [0.4, 0.5) is 10.3 Å². The number of aryl methyl sites for hydroxylation is 1. The summed E-state index contributed by atoms with van der Waals surface area (Å²) in [5, 5.41) is 23.3. The van der Waals surface area contributed by atoms with Crippen LogP contribution in [-0.4, -0.2) is 48.0 Å². The van der Waals surface area contributed by atoms with Crippen LogP contribution in [0.2, 0.25) is 5.02 Å². The molecule has 0 unspecified atom stereocenters. The molecule has 0 aliphatic heterocycles. The number of anilines is 1. The Morgan fingerprint density at radius 1 is 1.23 bits per heavy atom. The molecule has 7 nitrogen and oxygen atoms in total. The van der Waals surface area contributed by atoms with Crippen LogP contribution in [-0.2, 0) is 0 Å². The van der Waals surface area contributed by atoms with Gasteiger partial charge in [0.05, 0.1) is 40.7 Å². The molecule has 2 heterocycles. The molecule has 9 heteroatoms. The number of hydrogen-bond donors (Lipinski definition) is 3. The molecule has 160 valence electrons. The number of nitrogens with zero attached hydrogens (tertiary/aromatic N) is 4. The number of halogens is 2. The second kappa shape index (κ2) is 8.09. The van der Waals surface area contributed by atoms with Crippen molar-refractivity contribution in [3.63, 3.8) is 0 Å². The second-order valence-electron chi connectivity index (χ2n) is 8.12. The first-order valence-electron chi connectivity index (χ1n) is 10.1. The fourth-order valence-corrected chi connectivity index (χ4v) is 4.36. The summed E-state index contributed by atoms with van der Waals surface area (Å²) in [6.07, 6.45) is 1.76. The summed E-state index contributed by atoms with van der Waals surface area (Å²) in [6, 6.07) is 3.06. The first kappa shape index (κ1) is 21.0. The third-order valence-corrected chi connectivity index (χ3v) is 5.84. The molecule has 3 N–H and O–H groups in total. The van der Waals surface area contributed by atoms with Gasteiger partial charge in [-0.05, 0) is 45.7 Å². The molecular formula is C21H25ClFN5O2. The number of rotatable bonds is 4. The lowest BCUT2D eigenvalue weighted by molar-refractivity contribution is 0.0321. The minimum atomic E-state index is -0.700. The van der Waals surface area contributed by atoms with Crippen LogP contribution >= 0.6 is 11.6 Å². The van der Waals surface area contributed by atoms with E-state index in [0.717, 1.165) is 5.82 Å². The predicted octanol–water partition coefficient (Wildman–Crippen LogP) is 3.86. The van der Waals surface area contributed by atoms with E-state index in [0.29, 0.717) is 52.5 Å².